The van der Waals surface area contributed by atoms with E-state index in [0.717, 1.165) is 32.1 Å². The van der Waals surface area contributed by atoms with Crippen LogP contribution in [0, 0.1) is 0 Å². The molecule has 0 N–H and O–H groups in total. The number of hydrogen-bond donors (Lipinski definition) is 0. The lowest BCUT2D eigenvalue weighted by molar-refractivity contribution is -0.140. The van der Waals surface area contributed by atoms with Gasteiger partial charge in [-0.05, 0) is 12.8 Å². The van der Waals surface area contributed by atoms with Crippen LogP contribution in [-0.2, 0) is 14.3 Å². The maximum Gasteiger partial charge on any atom is 0.333 e. The molecule has 0 aliphatic carbocycles. The van der Waals surface area contributed by atoms with E-state index in [1.54, 1.807) is 0 Å². The molecule has 3 nitrogen and oxygen atoms in total. The molecule has 0 saturated heterocycles. The molecule has 3 heteroatoms. The van der Waals surface area contributed by atoms with Crippen molar-refractivity contribution in [3.63, 3.8) is 0 Å². The summed E-state index contributed by atoms with van der Waals surface area (Å²) in [5.41, 5.74) is 0.280. The van der Waals surface area contributed by atoms with E-state index in [0.29, 0.717) is 13.0 Å². The van der Waals surface area contributed by atoms with Crippen molar-refractivity contribution in [1.29, 1.82) is 0 Å². The summed E-state index contributed by atoms with van der Waals surface area (Å²) < 4.78 is 4.98. The number of ketones is 1. The van der Waals surface area contributed by atoms with E-state index in [2.05, 4.69) is 13.5 Å². The monoisotopic (exact) mass is 240 g/mol. The van der Waals surface area contributed by atoms with Crippen LogP contribution in [-0.4, -0.2) is 18.4 Å². The standard InChI is InChI=1S/C14H24O3/c1-4-6-8-9-13(15)11-12(3)14(16)17-10-7-5-2/h3-11H2,1-2H3. The van der Waals surface area contributed by atoms with Crippen molar-refractivity contribution in [2.24, 2.45) is 0 Å². The third-order valence-corrected chi connectivity index (χ3v) is 2.49. The van der Waals surface area contributed by atoms with Gasteiger partial charge in [0.25, 0.3) is 0 Å². The van der Waals surface area contributed by atoms with E-state index < -0.39 is 5.97 Å². The van der Waals surface area contributed by atoms with Crippen LogP contribution >= 0.6 is 0 Å². The van der Waals surface area contributed by atoms with Gasteiger partial charge < -0.3 is 4.74 Å². The first-order chi connectivity index (χ1) is 8.11. The second-order valence-electron chi connectivity index (χ2n) is 4.27. The molecular weight excluding hydrogens is 216 g/mol. The number of unbranched alkanes of at least 4 members (excludes halogenated alkanes) is 3. The Labute approximate surface area is 104 Å². The van der Waals surface area contributed by atoms with Gasteiger partial charge in [-0.1, -0.05) is 39.7 Å². The number of Topliss-reactive ketones (excluding diaryl/α,β-unsaturated/α-hetero) is 1. The molecule has 0 aliphatic heterocycles. The predicted molar refractivity (Wildman–Crippen MR) is 68.8 cm³/mol. The van der Waals surface area contributed by atoms with Crippen LogP contribution in [0.3, 0.4) is 0 Å². The quantitative estimate of drug-likeness (QED) is 0.334. The van der Waals surface area contributed by atoms with Crippen molar-refractivity contribution in [3.8, 4) is 0 Å². The van der Waals surface area contributed by atoms with E-state index in [4.69, 9.17) is 4.74 Å². The fourth-order valence-electron chi connectivity index (χ4n) is 1.38. The Morgan fingerprint density at radius 1 is 1.06 bits per heavy atom. The Bertz CT molecular complexity index is 256. The van der Waals surface area contributed by atoms with Crippen LogP contribution in [0.1, 0.15) is 58.8 Å². The van der Waals surface area contributed by atoms with Crippen LogP contribution in [0.15, 0.2) is 12.2 Å². The molecule has 0 atom stereocenters. The largest absolute Gasteiger partial charge is 0.462 e. The normalized spacial score (nSPS) is 10.0. The van der Waals surface area contributed by atoms with E-state index in [9.17, 15) is 9.59 Å². The molecule has 0 aromatic carbocycles. The van der Waals surface area contributed by atoms with Crippen LogP contribution in [0.2, 0.25) is 0 Å². The molecule has 0 spiro atoms. The minimum absolute atomic E-state index is 0.0795. The summed E-state index contributed by atoms with van der Waals surface area (Å²) in [6, 6.07) is 0. The van der Waals surface area contributed by atoms with E-state index >= 15 is 0 Å². The summed E-state index contributed by atoms with van der Waals surface area (Å²) in [4.78, 5) is 22.9. The summed E-state index contributed by atoms with van der Waals surface area (Å²) in [7, 11) is 0. The topological polar surface area (TPSA) is 43.4 Å². The van der Waals surface area contributed by atoms with Crippen LogP contribution in [0.4, 0.5) is 0 Å². The molecular formula is C14H24O3. The molecule has 17 heavy (non-hydrogen) atoms. The predicted octanol–water partition coefficient (Wildman–Crippen LogP) is 3.43. The third-order valence-electron chi connectivity index (χ3n) is 2.49. The SMILES string of the molecule is C=C(CC(=O)CCCCC)C(=O)OCCCC. The van der Waals surface area contributed by atoms with Crippen molar-refractivity contribution >= 4 is 11.8 Å². The summed E-state index contributed by atoms with van der Waals surface area (Å²) in [5.74, 6) is -0.349. The number of carbonyl (C=O) groups excluding carboxylic acids is 2. The number of esters is 1. The average Bonchev–Trinajstić information content (AvgIpc) is 2.29. The Balaban J connectivity index is 3.75. The van der Waals surface area contributed by atoms with Gasteiger partial charge in [0.1, 0.15) is 5.78 Å². The molecule has 0 aliphatic rings. The molecule has 0 bridgehead atoms. The van der Waals surface area contributed by atoms with Crippen molar-refractivity contribution < 1.29 is 14.3 Å². The molecule has 0 aromatic heterocycles. The molecule has 0 saturated carbocycles. The van der Waals surface area contributed by atoms with Gasteiger partial charge in [0, 0.05) is 18.4 Å². The van der Waals surface area contributed by atoms with Gasteiger partial charge in [0.15, 0.2) is 0 Å². The molecule has 0 aromatic rings. The molecule has 0 heterocycles. The highest BCUT2D eigenvalue weighted by atomic mass is 16.5. The number of rotatable bonds is 10. The van der Waals surface area contributed by atoms with Gasteiger partial charge in [-0.3, -0.25) is 4.79 Å². The lowest BCUT2D eigenvalue weighted by Crippen LogP contribution is -2.11. The van der Waals surface area contributed by atoms with Gasteiger partial charge in [-0.25, -0.2) is 4.79 Å². The van der Waals surface area contributed by atoms with Gasteiger partial charge >= 0.3 is 5.97 Å². The van der Waals surface area contributed by atoms with E-state index in [-0.39, 0.29) is 17.8 Å². The Morgan fingerprint density at radius 3 is 2.29 bits per heavy atom. The van der Waals surface area contributed by atoms with Crippen molar-refractivity contribution in [3.05, 3.63) is 12.2 Å². The van der Waals surface area contributed by atoms with Gasteiger partial charge in [0.2, 0.25) is 0 Å². The maximum absolute atomic E-state index is 11.5. The zero-order valence-corrected chi connectivity index (χ0v) is 11.1. The smallest absolute Gasteiger partial charge is 0.333 e. The van der Waals surface area contributed by atoms with E-state index in [1.807, 2.05) is 6.92 Å². The Hall–Kier alpha value is -1.12. The lowest BCUT2D eigenvalue weighted by atomic mass is 10.1. The van der Waals surface area contributed by atoms with Crippen molar-refractivity contribution in [2.45, 2.75) is 58.8 Å². The second-order valence-corrected chi connectivity index (χ2v) is 4.27. The first-order valence-electron chi connectivity index (χ1n) is 6.48. The molecule has 0 unspecified atom stereocenters. The number of carbonyl (C=O) groups is 2. The summed E-state index contributed by atoms with van der Waals surface area (Å²) in [6.07, 6.45) is 5.54. The highest BCUT2D eigenvalue weighted by molar-refractivity contribution is 5.95. The van der Waals surface area contributed by atoms with Crippen molar-refractivity contribution in [1.82, 2.24) is 0 Å². The first kappa shape index (κ1) is 15.9. The van der Waals surface area contributed by atoms with Gasteiger partial charge in [0.05, 0.1) is 6.61 Å². The number of ether oxygens (including phenoxy) is 1. The number of hydrogen-bond acceptors (Lipinski definition) is 3. The molecule has 0 amide bonds. The zero-order chi connectivity index (χ0) is 13.1. The van der Waals surface area contributed by atoms with Gasteiger partial charge in [-0.2, -0.15) is 0 Å². The van der Waals surface area contributed by atoms with E-state index in [1.165, 1.54) is 0 Å². The molecule has 98 valence electrons. The average molecular weight is 240 g/mol. The molecule has 0 rings (SSSR count). The highest BCUT2D eigenvalue weighted by Crippen LogP contribution is 2.08. The summed E-state index contributed by atoms with van der Waals surface area (Å²) in [5, 5.41) is 0. The van der Waals surface area contributed by atoms with Crippen LogP contribution in [0.25, 0.3) is 0 Å². The van der Waals surface area contributed by atoms with Crippen molar-refractivity contribution in [2.75, 3.05) is 6.61 Å². The Morgan fingerprint density at radius 2 is 1.71 bits per heavy atom. The maximum atomic E-state index is 11.5. The fourth-order valence-corrected chi connectivity index (χ4v) is 1.38. The van der Waals surface area contributed by atoms with Crippen LogP contribution in [0.5, 0.6) is 0 Å². The summed E-state index contributed by atoms with van der Waals surface area (Å²) in [6.45, 7) is 8.14. The molecule has 0 radical (unpaired) electrons. The fraction of sp³-hybridized carbons (Fsp3) is 0.714. The van der Waals surface area contributed by atoms with Gasteiger partial charge in [-0.15, -0.1) is 0 Å². The molecule has 0 fully saturated rings. The minimum atomic E-state index is -0.428. The van der Waals surface area contributed by atoms with Crippen LogP contribution < -0.4 is 0 Å². The zero-order valence-electron chi connectivity index (χ0n) is 11.1. The highest BCUT2D eigenvalue weighted by Gasteiger charge is 2.12. The first-order valence-corrected chi connectivity index (χ1v) is 6.48. The summed E-state index contributed by atoms with van der Waals surface area (Å²) >= 11 is 0. The second kappa shape index (κ2) is 10.1. The third kappa shape index (κ3) is 8.66. The Kier molecular flexibility index (Phi) is 9.40. The lowest BCUT2D eigenvalue weighted by Gasteiger charge is -2.06. The minimum Gasteiger partial charge on any atom is -0.462 e.